The van der Waals surface area contributed by atoms with Crippen LogP contribution in [0.4, 0.5) is 5.82 Å². The SMILES string of the molecule is Cc1cc(NCc2cnc[nH]2)n2nc(C)c(-c3ccccc3)c2n1. The summed E-state index contributed by atoms with van der Waals surface area (Å²) in [5.41, 5.74) is 6.00. The van der Waals surface area contributed by atoms with Crippen LogP contribution in [0.2, 0.25) is 0 Å². The Balaban J connectivity index is 1.81. The molecule has 0 radical (unpaired) electrons. The number of nitrogens with one attached hydrogen (secondary N) is 2. The van der Waals surface area contributed by atoms with Crippen molar-refractivity contribution in [3.05, 3.63) is 66.0 Å². The molecule has 0 saturated heterocycles. The van der Waals surface area contributed by atoms with E-state index < -0.39 is 0 Å². The van der Waals surface area contributed by atoms with E-state index in [0.717, 1.165) is 39.7 Å². The lowest BCUT2D eigenvalue weighted by molar-refractivity contribution is 0.896. The molecule has 24 heavy (non-hydrogen) atoms. The normalized spacial score (nSPS) is 11.1. The largest absolute Gasteiger partial charge is 0.364 e. The molecule has 6 heteroatoms. The first-order chi connectivity index (χ1) is 11.7. The second-order valence-electron chi connectivity index (χ2n) is 5.78. The summed E-state index contributed by atoms with van der Waals surface area (Å²) in [5.74, 6) is 0.914. The van der Waals surface area contributed by atoms with Gasteiger partial charge < -0.3 is 10.3 Å². The Bertz CT molecular complexity index is 970. The minimum atomic E-state index is 0.651. The molecule has 6 nitrogen and oxygen atoms in total. The highest BCUT2D eigenvalue weighted by atomic mass is 15.3. The van der Waals surface area contributed by atoms with Gasteiger partial charge in [0.05, 0.1) is 24.3 Å². The molecule has 4 rings (SSSR count). The van der Waals surface area contributed by atoms with Crippen LogP contribution in [-0.2, 0) is 6.54 Å². The van der Waals surface area contributed by atoms with Gasteiger partial charge in [-0.15, -0.1) is 0 Å². The van der Waals surface area contributed by atoms with Gasteiger partial charge >= 0.3 is 0 Å². The predicted molar refractivity (Wildman–Crippen MR) is 93.8 cm³/mol. The smallest absolute Gasteiger partial charge is 0.165 e. The average molecular weight is 318 g/mol. The van der Waals surface area contributed by atoms with Gasteiger partial charge in [0, 0.05) is 23.5 Å². The van der Waals surface area contributed by atoms with E-state index in [1.165, 1.54) is 0 Å². The molecule has 0 amide bonds. The number of hydrogen-bond donors (Lipinski definition) is 2. The van der Waals surface area contributed by atoms with Crippen LogP contribution in [0.25, 0.3) is 16.8 Å². The number of benzene rings is 1. The number of fused-ring (bicyclic) bond motifs is 1. The van der Waals surface area contributed by atoms with Crippen molar-refractivity contribution in [2.75, 3.05) is 5.32 Å². The Labute approximate surface area is 139 Å². The first-order valence-corrected chi connectivity index (χ1v) is 7.86. The summed E-state index contributed by atoms with van der Waals surface area (Å²) >= 11 is 0. The number of imidazole rings is 1. The van der Waals surface area contributed by atoms with Crippen molar-refractivity contribution in [3.63, 3.8) is 0 Å². The zero-order valence-electron chi connectivity index (χ0n) is 13.6. The highest BCUT2D eigenvalue weighted by Gasteiger charge is 2.15. The van der Waals surface area contributed by atoms with Crippen LogP contribution in [0.5, 0.6) is 0 Å². The molecule has 1 aromatic carbocycles. The zero-order chi connectivity index (χ0) is 16.5. The number of anilines is 1. The van der Waals surface area contributed by atoms with Crippen molar-refractivity contribution in [2.24, 2.45) is 0 Å². The molecule has 3 aromatic heterocycles. The van der Waals surface area contributed by atoms with E-state index >= 15 is 0 Å². The number of aryl methyl sites for hydroxylation is 2. The molecule has 2 N–H and O–H groups in total. The maximum Gasteiger partial charge on any atom is 0.165 e. The fraction of sp³-hybridized carbons (Fsp3) is 0.167. The number of aromatic amines is 1. The summed E-state index contributed by atoms with van der Waals surface area (Å²) in [6.07, 6.45) is 3.48. The van der Waals surface area contributed by atoms with Crippen LogP contribution < -0.4 is 5.32 Å². The molecule has 4 aromatic rings. The van der Waals surface area contributed by atoms with Crippen molar-refractivity contribution in [1.82, 2.24) is 24.6 Å². The van der Waals surface area contributed by atoms with Crippen molar-refractivity contribution < 1.29 is 0 Å². The van der Waals surface area contributed by atoms with E-state index in [4.69, 9.17) is 10.1 Å². The van der Waals surface area contributed by atoms with Crippen LogP contribution in [0, 0.1) is 13.8 Å². The Kier molecular flexibility index (Phi) is 3.49. The van der Waals surface area contributed by atoms with Gasteiger partial charge in [0.1, 0.15) is 5.82 Å². The van der Waals surface area contributed by atoms with Gasteiger partial charge in [0.25, 0.3) is 0 Å². The Morgan fingerprint density at radius 1 is 1.17 bits per heavy atom. The van der Waals surface area contributed by atoms with Gasteiger partial charge in [-0.2, -0.15) is 9.61 Å². The second kappa shape index (κ2) is 5.81. The molecular weight excluding hydrogens is 300 g/mol. The molecule has 0 saturated carbocycles. The van der Waals surface area contributed by atoms with E-state index in [1.807, 2.05) is 48.8 Å². The lowest BCUT2D eigenvalue weighted by Gasteiger charge is -2.09. The maximum absolute atomic E-state index is 4.72. The molecule has 0 unspecified atom stereocenters. The highest BCUT2D eigenvalue weighted by Crippen LogP contribution is 2.29. The third-order valence-corrected chi connectivity index (χ3v) is 3.97. The molecule has 0 atom stereocenters. The van der Waals surface area contributed by atoms with Gasteiger partial charge in [-0.3, -0.25) is 0 Å². The molecule has 0 fully saturated rings. The number of hydrogen-bond acceptors (Lipinski definition) is 4. The second-order valence-corrected chi connectivity index (χ2v) is 5.78. The van der Waals surface area contributed by atoms with Crippen LogP contribution in [0.15, 0.2) is 48.9 Å². The zero-order valence-corrected chi connectivity index (χ0v) is 13.6. The van der Waals surface area contributed by atoms with Gasteiger partial charge in [0.15, 0.2) is 5.65 Å². The first-order valence-electron chi connectivity index (χ1n) is 7.86. The van der Waals surface area contributed by atoms with Crippen molar-refractivity contribution in [2.45, 2.75) is 20.4 Å². The van der Waals surface area contributed by atoms with Crippen molar-refractivity contribution >= 4 is 11.5 Å². The van der Waals surface area contributed by atoms with E-state index in [9.17, 15) is 0 Å². The number of rotatable bonds is 4. The van der Waals surface area contributed by atoms with Crippen LogP contribution >= 0.6 is 0 Å². The molecular formula is C18H18N6. The standard InChI is InChI=1S/C18H18N6/c1-12-8-16(20-10-15-9-19-11-21-15)24-18(22-12)17(13(2)23-24)14-6-4-3-5-7-14/h3-9,11,20H,10H2,1-2H3,(H,19,21). The molecule has 0 aliphatic rings. The van der Waals surface area contributed by atoms with Crippen LogP contribution in [0.3, 0.4) is 0 Å². The minimum absolute atomic E-state index is 0.651. The summed E-state index contributed by atoms with van der Waals surface area (Å²) < 4.78 is 1.88. The summed E-state index contributed by atoms with van der Waals surface area (Å²) in [4.78, 5) is 11.9. The third kappa shape index (κ3) is 2.52. The number of H-pyrrole nitrogens is 1. The van der Waals surface area contributed by atoms with Crippen molar-refractivity contribution in [1.29, 1.82) is 0 Å². The predicted octanol–water partition coefficient (Wildman–Crippen LogP) is 3.35. The Morgan fingerprint density at radius 2 is 2.00 bits per heavy atom. The topological polar surface area (TPSA) is 70.9 Å². The number of nitrogens with zero attached hydrogens (tertiary/aromatic N) is 4. The van der Waals surface area contributed by atoms with Gasteiger partial charge in [-0.1, -0.05) is 30.3 Å². The first kappa shape index (κ1) is 14.4. The molecule has 0 spiro atoms. The van der Waals surface area contributed by atoms with Crippen LogP contribution in [-0.4, -0.2) is 24.6 Å². The van der Waals surface area contributed by atoms with E-state index in [-0.39, 0.29) is 0 Å². The summed E-state index contributed by atoms with van der Waals surface area (Å²) in [5, 5.41) is 8.11. The average Bonchev–Trinajstić information content (AvgIpc) is 3.20. The van der Waals surface area contributed by atoms with Gasteiger partial charge in [-0.05, 0) is 19.4 Å². The molecule has 0 aliphatic carbocycles. The van der Waals surface area contributed by atoms with Crippen molar-refractivity contribution in [3.8, 4) is 11.1 Å². The van der Waals surface area contributed by atoms with E-state index in [0.29, 0.717) is 6.54 Å². The monoisotopic (exact) mass is 318 g/mol. The van der Waals surface area contributed by atoms with E-state index in [2.05, 4.69) is 27.4 Å². The van der Waals surface area contributed by atoms with Crippen LogP contribution in [0.1, 0.15) is 17.1 Å². The maximum atomic E-state index is 4.72. The quantitative estimate of drug-likeness (QED) is 0.605. The van der Waals surface area contributed by atoms with E-state index in [1.54, 1.807) is 6.33 Å². The Hall–Kier alpha value is -3.15. The fourth-order valence-electron chi connectivity index (χ4n) is 2.88. The van der Waals surface area contributed by atoms with Gasteiger partial charge in [-0.25, -0.2) is 9.97 Å². The van der Waals surface area contributed by atoms with Gasteiger partial charge in [0.2, 0.25) is 0 Å². The molecule has 120 valence electrons. The fourth-order valence-corrected chi connectivity index (χ4v) is 2.88. The summed E-state index contributed by atoms with van der Waals surface area (Å²) in [6.45, 7) is 4.67. The number of aromatic nitrogens is 5. The highest BCUT2D eigenvalue weighted by molar-refractivity contribution is 5.80. The molecule has 3 heterocycles. The third-order valence-electron chi connectivity index (χ3n) is 3.97. The molecule has 0 bridgehead atoms. The summed E-state index contributed by atoms with van der Waals surface area (Å²) in [6, 6.07) is 12.3. The lowest BCUT2D eigenvalue weighted by atomic mass is 10.1. The minimum Gasteiger partial charge on any atom is -0.364 e. The lowest BCUT2D eigenvalue weighted by Crippen LogP contribution is -2.07. The molecule has 0 aliphatic heterocycles. The summed E-state index contributed by atoms with van der Waals surface area (Å²) in [7, 11) is 0. The Morgan fingerprint density at radius 3 is 2.75 bits per heavy atom.